The minimum atomic E-state index is -4.95. The normalized spacial score (nSPS) is 14.2. The molecule has 1 aliphatic rings. The summed E-state index contributed by atoms with van der Waals surface area (Å²) in [6.07, 6.45) is -8.90. The number of nitrogens with zero attached hydrogens (tertiary/aromatic N) is 3. The quantitative estimate of drug-likeness (QED) is 0.337. The summed E-state index contributed by atoms with van der Waals surface area (Å²) in [5.74, 6) is -0.0669. The lowest BCUT2D eigenvalue weighted by atomic mass is 10.1. The lowest BCUT2D eigenvalue weighted by Gasteiger charge is -2.36. The van der Waals surface area contributed by atoms with E-state index in [-0.39, 0.29) is 69.0 Å². The number of aromatic nitrogens is 2. The molecule has 1 saturated heterocycles. The first-order valence-corrected chi connectivity index (χ1v) is 13.7. The van der Waals surface area contributed by atoms with E-state index in [9.17, 15) is 40.7 Å². The number of carbonyl (C=O) groups is 1. The minimum Gasteiger partial charge on any atom is -0.368 e. The van der Waals surface area contributed by atoms with Crippen LogP contribution in [0.4, 0.5) is 43.5 Å². The van der Waals surface area contributed by atoms with Crippen LogP contribution in [0.25, 0.3) is 0 Å². The van der Waals surface area contributed by atoms with Crippen LogP contribution < -0.4 is 21.5 Å². The van der Waals surface area contributed by atoms with Crippen molar-refractivity contribution in [2.75, 3.05) is 36.4 Å². The second-order valence-electron chi connectivity index (χ2n) is 10.3. The third kappa shape index (κ3) is 7.79. The van der Waals surface area contributed by atoms with E-state index >= 15 is 0 Å². The van der Waals surface area contributed by atoms with Crippen LogP contribution in [-0.4, -0.2) is 46.5 Å². The molecule has 0 bridgehead atoms. The molecule has 8 nitrogen and oxygen atoms in total. The lowest BCUT2D eigenvalue weighted by molar-refractivity contribution is -0.143. The Bertz CT molecular complexity index is 1520. The van der Waals surface area contributed by atoms with Crippen molar-refractivity contribution in [2.45, 2.75) is 52.0 Å². The van der Waals surface area contributed by atoms with E-state index in [1.54, 1.807) is 0 Å². The number of alkyl halides is 6. The number of halogens is 6. The molecule has 0 atom stereocenters. The summed E-state index contributed by atoms with van der Waals surface area (Å²) in [5.41, 5.74) is -1.24. The first-order chi connectivity index (χ1) is 20.2. The molecule has 232 valence electrons. The Labute approximate surface area is 242 Å². The number of benzene rings is 2. The number of aryl methyl sites for hydroxylation is 2. The second kappa shape index (κ2) is 12.6. The Balaban J connectivity index is 1.33. The molecular formula is C29H31F6N5O3. The van der Waals surface area contributed by atoms with Gasteiger partial charge in [0.2, 0.25) is 5.91 Å². The Morgan fingerprint density at radius 1 is 0.907 bits per heavy atom. The van der Waals surface area contributed by atoms with Gasteiger partial charge in [-0.15, -0.1) is 0 Å². The molecule has 1 aromatic heterocycles. The number of rotatable bonds is 8. The van der Waals surface area contributed by atoms with Crippen LogP contribution in [0, 0.1) is 6.92 Å². The number of H-pyrrole nitrogens is 1. The van der Waals surface area contributed by atoms with Crippen molar-refractivity contribution in [3.63, 3.8) is 0 Å². The predicted octanol–water partition coefficient (Wildman–Crippen LogP) is 5.32. The highest BCUT2D eigenvalue weighted by atomic mass is 19.4. The van der Waals surface area contributed by atoms with Gasteiger partial charge in [0, 0.05) is 56.6 Å². The molecule has 1 aliphatic heterocycles. The van der Waals surface area contributed by atoms with Gasteiger partial charge in [-0.1, -0.05) is 13.0 Å². The van der Waals surface area contributed by atoms with E-state index in [1.807, 2.05) is 32.0 Å². The maximum absolute atomic E-state index is 13.2. The van der Waals surface area contributed by atoms with E-state index in [1.165, 1.54) is 15.9 Å². The number of anilines is 3. The Hall–Kier alpha value is -4.23. The van der Waals surface area contributed by atoms with Crippen molar-refractivity contribution in [2.24, 2.45) is 0 Å². The largest absolute Gasteiger partial charge is 0.416 e. The first-order valence-electron chi connectivity index (χ1n) is 13.7. The Morgan fingerprint density at radius 2 is 1.53 bits per heavy atom. The molecule has 43 heavy (non-hydrogen) atoms. The number of hydrogen-bond acceptors (Lipinski definition) is 5. The van der Waals surface area contributed by atoms with E-state index in [0.717, 1.165) is 27.8 Å². The summed E-state index contributed by atoms with van der Waals surface area (Å²) in [6, 6.07) is 8.39. The van der Waals surface area contributed by atoms with Gasteiger partial charge in [0.15, 0.2) is 0 Å². The Kier molecular flexibility index (Phi) is 9.26. The molecule has 2 aromatic carbocycles. The smallest absolute Gasteiger partial charge is 0.368 e. The average Bonchev–Trinajstić information content (AvgIpc) is 2.94. The zero-order valence-electron chi connectivity index (χ0n) is 23.5. The van der Waals surface area contributed by atoms with Gasteiger partial charge in [0.1, 0.15) is 5.82 Å². The molecule has 0 spiro atoms. The summed E-state index contributed by atoms with van der Waals surface area (Å²) in [6.45, 7) is 4.27. The molecule has 0 aliphatic carbocycles. The van der Waals surface area contributed by atoms with Crippen LogP contribution in [-0.2, 0) is 30.1 Å². The van der Waals surface area contributed by atoms with Crippen LogP contribution in [0.1, 0.15) is 42.0 Å². The minimum absolute atomic E-state index is 0.00315. The predicted molar refractivity (Wildman–Crippen MR) is 150 cm³/mol. The van der Waals surface area contributed by atoms with Crippen LogP contribution in [0.3, 0.4) is 0 Å². The number of aromatic amines is 1. The van der Waals surface area contributed by atoms with Gasteiger partial charge in [-0.25, -0.2) is 4.79 Å². The SMILES string of the molecule is CCc1cc(Nc2cc(=O)n(CCCC(=O)N3CCN(c4cc(C(F)(F)F)cc(C(F)(F)F)c4)CC3)c(=O)[nH]2)ccc1C. The zero-order chi connectivity index (χ0) is 31.5. The number of nitrogens with one attached hydrogen (secondary N) is 2. The van der Waals surface area contributed by atoms with E-state index in [2.05, 4.69) is 10.3 Å². The fourth-order valence-electron chi connectivity index (χ4n) is 4.97. The fourth-order valence-corrected chi connectivity index (χ4v) is 4.97. The molecule has 0 radical (unpaired) electrons. The molecule has 4 rings (SSSR count). The Morgan fingerprint density at radius 3 is 2.09 bits per heavy atom. The standard InChI is InChI=1S/C29H31F6N5O3/c1-3-19-13-22(7-6-18(19)2)36-24-17-26(42)40(27(43)37-24)8-4-5-25(41)39-11-9-38(10-12-39)23-15-20(28(30,31)32)14-21(16-23)29(33,34)35/h6-7,13-17,36H,3-5,8-12H2,1-2H3,(H,37,43). The van der Waals surface area contributed by atoms with Crippen molar-refractivity contribution in [3.8, 4) is 0 Å². The maximum Gasteiger partial charge on any atom is 0.416 e. The molecule has 0 saturated carbocycles. The summed E-state index contributed by atoms with van der Waals surface area (Å²) in [4.78, 5) is 43.4. The van der Waals surface area contributed by atoms with Crippen molar-refractivity contribution < 1.29 is 31.1 Å². The lowest BCUT2D eigenvalue weighted by Crippen LogP contribution is -2.49. The molecule has 1 amide bonds. The maximum atomic E-state index is 13.2. The molecule has 2 N–H and O–H groups in total. The van der Waals surface area contributed by atoms with Crippen LogP contribution in [0.2, 0.25) is 0 Å². The molecule has 3 aromatic rings. The number of hydrogen-bond donors (Lipinski definition) is 2. The van der Waals surface area contributed by atoms with Crippen LogP contribution in [0.5, 0.6) is 0 Å². The van der Waals surface area contributed by atoms with Crippen molar-refractivity contribution in [1.29, 1.82) is 0 Å². The summed E-state index contributed by atoms with van der Waals surface area (Å²) < 4.78 is 80.3. The van der Waals surface area contributed by atoms with Crippen molar-refractivity contribution in [1.82, 2.24) is 14.5 Å². The summed E-state index contributed by atoms with van der Waals surface area (Å²) >= 11 is 0. The third-order valence-electron chi connectivity index (χ3n) is 7.37. The number of piperazine rings is 1. The van der Waals surface area contributed by atoms with Gasteiger partial charge < -0.3 is 15.1 Å². The van der Waals surface area contributed by atoms with Gasteiger partial charge in [-0.2, -0.15) is 26.3 Å². The fraction of sp³-hybridized carbons (Fsp3) is 0.414. The van der Waals surface area contributed by atoms with E-state index < -0.39 is 34.7 Å². The third-order valence-corrected chi connectivity index (χ3v) is 7.37. The summed E-state index contributed by atoms with van der Waals surface area (Å²) in [7, 11) is 0. The highest BCUT2D eigenvalue weighted by Crippen LogP contribution is 2.38. The van der Waals surface area contributed by atoms with Crippen LogP contribution >= 0.6 is 0 Å². The van der Waals surface area contributed by atoms with Gasteiger partial charge in [-0.05, 0) is 61.2 Å². The van der Waals surface area contributed by atoms with Crippen molar-refractivity contribution >= 4 is 23.1 Å². The highest BCUT2D eigenvalue weighted by molar-refractivity contribution is 5.76. The average molecular weight is 612 g/mol. The topological polar surface area (TPSA) is 90.4 Å². The molecular weight excluding hydrogens is 580 g/mol. The van der Waals surface area contributed by atoms with Gasteiger partial charge in [0.25, 0.3) is 5.56 Å². The van der Waals surface area contributed by atoms with Gasteiger partial charge in [0.05, 0.1) is 11.1 Å². The van der Waals surface area contributed by atoms with Gasteiger partial charge >= 0.3 is 18.0 Å². The monoisotopic (exact) mass is 611 g/mol. The first kappa shape index (κ1) is 31.7. The van der Waals surface area contributed by atoms with Gasteiger partial charge in [-0.3, -0.25) is 19.1 Å². The molecule has 2 heterocycles. The molecule has 14 heteroatoms. The second-order valence-corrected chi connectivity index (χ2v) is 10.3. The van der Waals surface area contributed by atoms with Crippen molar-refractivity contribution in [3.05, 3.63) is 85.6 Å². The van der Waals surface area contributed by atoms with E-state index in [0.29, 0.717) is 12.1 Å². The zero-order valence-corrected chi connectivity index (χ0v) is 23.5. The van der Waals surface area contributed by atoms with Crippen LogP contribution in [0.15, 0.2) is 52.1 Å². The molecule has 0 unspecified atom stereocenters. The molecule has 1 fully saturated rings. The van der Waals surface area contributed by atoms with E-state index in [4.69, 9.17) is 0 Å². The summed E-state index contributed by atoms with van der Waals surface area (Å²) in [5, 5.41) is 3.02. The number of carbonyl (C=O) groups excluding carboxylic acids is 1. The highest BCUT2D eigenvalue weighted by Gasteiger charge is 2.37. The number of amides is 1.